The molecular weight excluding hydrogens is 667 g/mol. The van der Waals surface area contributed by atoms with Gasteiger partial charge in [-0.15, -0.1) is 0 Å². The lowest BCUT2D eigenvalue weighted by Gasteiger charge is -2.49. The predicted molar refractivity (Wildman–Crippen MR) is 235 cm³/mol. The topological polar surface area (TPSA) is 15.7 Å². The van der Waals surface area contributed by atoms with Crippen LogP contribution < -0.4 is 25.5 Å². The molecule has 2 atom stereocenters. The first-order valence-corrected chi connectivity index (χ1v) is 20.7. The van der Waals surface area contributed by atoms with Gasteiger partial charge in [0.25, 0.3) is 6.71 Å². The summed E-state index contributed by atoms with van der Waals surface area (Å²) in [7, 11) is 0. The smallest absolute Gasteiger partial charge is 0.267 e. The van der Waals surface area contributed by atoms with Crippen molar-refractivity contribution in [3.8, 4) is 5.75 Å². The third kappa shape index (κ3) is 5.60. The fraction of sp³-hybridized carbons (Fsp3) is 0.412. The van der Waals surface area contributed by atoms with Crippen LogP contribution in [0.15, 0.2) is 84.9 Å². The number of anilines is 5. The van der Waals surface area contributed by atoms with E-state index >= 15 is 0 Å². The van der Waals surface area contributed by atoms with E-state index in [1.165, 1.54) is 96.7 Å². The van der Waals surface area contributed by atoms with Gasteiger partial charge in [-0.2, -0.15) is 0 Å². The van der Waals surface area contributed by atoms with Gasteiger partial charge in [0.05, 0.1) is 6.04 Å². The molecule has 0 N–H and O–H groups in total. The monoisotopic (exact) mass is 726 g/mol. The minimum absolute atomic E-state index is 0.00201. The van der Waals surface area contributed by atoms with E-state index in [1.807, 2.05) is 0 Å². The number of hydrogen-bond donors (Lipinski definition) is 0. The average molecular weight is 727 g/mol. The highest BCUT2D eigenvalue weighted by atomic mass is 16.5. The van der Waals surface area contributed by atoms with Gasteiger partial charge in [-0.25, -0.2) is 0 Å². The molecule has 0 aromatic heterocycles. The zero-order valence-electron chi connectivity index (χ0n) is 35.5. The minimum atomic E-state index is -0.112. The number of ether oxygens (including phenoxy) is 1. The van der Waals surface area contributed by atoms with Crippen molar-refractivity contribution in [1.82, 2.24) is 0 Å². The molecule has 3 heterocycles. The molecule has 5 aromatic rings. The van der Waals surface area contributed by atoms with Crippen molar-refractivity contribution >= 4 is 46.1 Å². The highest BCUT2D eigenvalue weighted by Crippen LogP contribution is 2.54. The molecule has 2 unspecified atom stereocenters. The Kier molecular flexibility index (Phi) is 7.77. The molecular formula is C51H59BN2O. The van der Waals surface area contributed by atoms with E-state index in [4.69, 9.17) is 4.74 Å². The van der Waals surface area contributed by atoms with Gasteiger partial charge in [0, 0.05) is 34.0 Å². The first kappa shape index (κ1) is 36.2. The molecule has 1 aliphatic carbocycles. The molecule has 3 aliphatic heterocycles. The molecule has 0 amide bonds. The van der Waals surface area contributed by atoms with E-state index in [1.54, 1.807) is 0 Å². The minimum Gasteiger partial charge on any atom is -0.495 e. The predicted octanol–water partition coefficient (Wildman–Crippen LogP) is 12.1. The highest BCUT2D eigenvalue weighted by Gasteiger charge is 2.55. The standard InChI is InChI=1S/C51H59BN2O/c1-30-22-31(2)24-36(23-30)54-43-26-32(3)25-42-45(43)52(47-46(54)37-17-14-34(49(7,8)9)28-44(37)55-47)40-27-33(48(4,5)6)15-19-41(40)53(42)35-16-18-38-39(29-35)51(12,13)21-20-50(38,10)11/h14-19,22-29,46-47H,20-21H2,1-13H3. The second kappa shape index (κ2) is 11.8. The summed E-state index contributed by atoms with van der Waals surface area (Å²) in [5.74, 6) is 1.03. The molecule has 9 rings (SSSR count). The van der Waals surface area contributed by atoms with Gasteiger partial charge in [-0.3, -0.25) is 0 Å². The number of fused-ring (bicyclic) bond motifs is 7. The van der Waals surface area contributed by atoms with Crippen LogP contribution in [-0.4, -0.2) is 12.7 Å². The van der Waals surface area contributed by atoms with E-state index in [0.29, 0.717) is 0 Å². The summed E-state index contributed by atoms with van der Waals surface area (Å²) in [6, 6.07) is 33.6. The molecule has 282 valence electrons. The lowest BCUT2D eigenvalue weighted by Crippen LogP contribution is -2.65. The molecule has 5 aromatic carbocycles. The molecule has 4 aliphatic rings. The van der Waals surface area contributed by atoms with Gasteiger partial charge < -0.3 is 14.5 Å². The van der Waals surface area contributed by atoms with Crippen molar-refractivity contribution in [2.24, 2.45) is 0 Å². The number of rotatable bonds is 2. The van der Waals surface area contributed by atoms with Crippen LogP contribution in [0.4, 0.5) is 28.4 Å². The maximum atomic E-state index is 7.43. The Bertz CT molecular complexity index is 2390. The van der Waals surface area contributed by atoms with Crippen LogP contribution in [0.25, 0.3) is 0 Å². The maximum absolute atomic E-state index is 7.43. The van der Waals surface area contributed by atoms with Crippen LogP contribution >= 0.6 is 0 Å². The van der Waals surface area contributed by atoms with Gasteiger partial charge in [-0.1, -0.05) is 106 Å². The van der Waals surface area contributed by atoms with Crippen molar-refractivity contribution in [2.75, 3.05) is 9.80 Å². The SMILES string of the molecule is Cc1cc(C)cc(N2c3cc(C)cc4c3B(c3cc(C(C)(C)C)ccc3N4c3ccc4c(c3)C(C)(C)CCC4(C)C)C3Oc4cc(C(C)(C)C)ccc4C32)c1. The van der Waals surface area contributed by atoms with Crippen LogP contribution in [0.2, 0.25) is 0 Å². The average Bonchev–Trinajstić information content (AvgIpc) is 3.47. The van der Waals surface area contributed by atoms with Crippen LogP contribution in [0.1, 0.15) is 133 Å². The van der Waals surface area contributed by atoms with Crippen molar-refractivity contribution in [3.05, 3.63) is 129 Å². The van der Waals surface area contributed by atoms with E-state index in [0.717, 1.165) is 5.75 Å². The molecule has 55 heavy (non-hydrogen) atoms. The van der Waals surface area contributed by atoms with Crippen molar-refractivity contribution in [1.29, 1.82) is 0 Å². The summed E-state index contributed by atoms with van der Waals surface area (Å²) in [5.41, 5.74) is 20.0. The van der Waals surface area contributed by atoms with E-state index in [9.17, 15) is 0 Å². The summed E-state index contributed by atoms with van der Waals surface area (Å²) in [6.07, 6.45) is 2.39. The van der Waals surface area contributed by atoms with E-state index in [-0.39, 0.29) is 40.4 Å². The Balaban J connectivity index is 1.36. The fourth-order valence-electron chi connectivity index (χ4n) is 10.4. The Morgan fingerprint density at radius 2 is 1.20 bits per heavy atom. The molecule has 0 fully saturated rings. The quantitative estimate of drug-likeness (QED) is 0.169. The first-order chi connectivity index (χ1) is 25.7. The van der Waals surface area contributed by atoms with E-state index < -0.39 is 0 Å². The summed E-state index contributed by atoms with van der Waals surface area (Å²) in [5, 5.41) is 0. The zero-order chi connectivity index (χ0) is 39.1. The number of nitrogens with zero attached hydrogens (tertiary/aromatic N) is 2. The van der Waals surface area contributed by atoms with Crippen LogP contribution in [0, 0.1) is 20.8 Å². The Hall–Kier alpha value is -4.44. The van der Waals surface area contributed by atoms with Gasteiger partial charge in [0.15, 0.2) is 0 Å². The van der Waals surface area contributed by atoms with Gasteiger partial charge in [-0.05, 0) is 154 Å². The van der Waals surface area contributed by atoms with Crippen LogP contribution in [-0.2, 0) is 21.7 Å². The van der Waals surface area contributed by atoms with Gasteiger partial charge in [0.2, 0.25) is 0 Å². The molecule has 0 bridgehead atoms. The van der Waals surface area contributed by atoms with Gasteiger partial charge >= 0.3 is 0 Å². The Morgan fingerprint density at radius 3 is 1.87 bits per heavy atom. The molecule has 3 nitrogen and oxygen atoms in total. The zero-order valence-corrected chi connectivity index (χ0v) is 35.5. The molecule has 0 radical (unpaired) electrons. The summed E-state index contributed by atoms with van der Waals surface area (Å²) in [4.78, 5) is 5.24. The molecule has 4 heteroatoms. The number of aryl methyl sites for hydroxylation is 3. The van der Waals surface area contributed by atoms with Gasteiger partial charge in [0.1, 0.15) is 11.8 Å². The van der Waals surface area contributed by atoms with Crippen molar-refractivity contribution in [3.63, 3.8) is 0 Å². The normalized spacial score (nSPS) is 20.3. The van der Waals surface area contributed by atoms with Crippen LogP contribution in [0.3, 0.4) is 0 Å². The van der Waals surface area contributed by atoms with Crippen molar-refractivity contribution < 1.29 is 4.74 Å². The Labute approximate surface area is 331 Å². The lowest BCUT2D eigenvalue weighted by molar-refractivity contribution is 0.282. The Morgan fingerprint density at radius 1 is 0.600 bits per heavy atom. The van der Waals surface area contributed by atoms with E-state index in [2.05, 4.69) is 185 Å². The number of benzene rings is 5. The van der Waals surface area contributed by atoms with Crippen LogP contribution in [0.5, 0.6) is 5.75 Å². The second-order valence-corrected chi connectivity index (χ2v) is 20.8. The molecule has 0 spiro atoms. The second-order valence-electron chi connectivity index (χ2n) is 20.8. The molecule has 0 saturated carbocycles. The largest absolute Gasteiger partial charge is 0.495 e. The third-order valence-corrected chi connectivity index (χ3v) is 13.5. The summed E-state index contributed by atoms with van der Waals surface area (Å²) < 4.78 is 7.43. The first-order valence-electron chi connectivity index (χ1n) is 20.7. The third-order valence-electron chi connectivity index (χ3n) is 13.5. The maximum Gasteiger partial charge on any atom is 0.267 e. The molecule has 0 saturated heterocycles. The fourth-order valence-corrected chi connectivity index (χ4v) is 10.4. The number of hydrogen-bond acceptors (Lipinski definition) is 3. The lowest BCUT2D eigenvalue weighted by atomic mass is 9.32. The summed E-state index contributed by atoms with van der Waals surface area (Å²) in [6.45, 7) is 30.4. The highest BCUT2D eigenvalue weighted by molar-refractivity contribution is 6.91. The van der Waals surface area contributed by atoms with Crippen molar-refractivity contribution in [2.45, 2.75) is 137 Å². The summed E-state index contributed by atoms with van der Waals surface area (Å²) >= 11 is 0.